The minimum atomic E-state index is -0.461. The summed E-state index contributed by atoms with van der Waals surface area (Å²) in [6, 6.07) is 13.5. The second-order valence-corrected chi connectivity index (χ2v) is 6.67. The van der Waals surface area contributed by atoms with Crippen LogP contribution in [0.3, 0.4) is 0 Å². The van der Waals surface area contributed by atoms with Crippen LogP contribution in [0, 0.1) is 0 Å². The van der Waals surface area contributed by atoms with Gasteiger partial charge in [0.05, 0.1) is 11.8 Å². The summed E-state index contributed by atoms with van der Waals surface area (Å²) in [5, 5.41) is 13.4. The third-order valence-electron chi connectivity index (χ3n) is 4.98. The molecule has 4 rings (SSSR count). The zero-order valence-electron chi connectivity index (χ0n) is 14.0. The summed E-state index contributed by atoms with van der Waals surface area (Å²) in [7, 11) is 0. The second kappa shape index (κ2) is 6.82. The first-order valence-corrected chi connectivity index (χ1v) is 8.74. The van der Waals surface area contributed by atoms with Crippen molar-refractivity contribution in [3.63, 3.8) is 0 Å². The molecule has 6 heteroatoms. The third kappa shape index (κ3) is 3.36. The van der Waals surface area contributed by atoms with Crippen molar-refractivity contribution >= 4 is 5.65 Å². The Morgan fingerprint density at radius 2 is 2.12 bits per heavy atom. The van der Waals surface area contributed by atoms with Crippen LogP contribution in [0.4, 0.5) is 0 Å². The van der Waals surface area contributed by atoms with Crippen molar-refractivity contribution in [1.82, 2.24) is 19.5 Å². The van der Waals surface area contributed by atoms with E-state index in [-0.39, 0.29) is 5.56 Å². The van der Waals surface area contributed by atoms with Gasteiger partial charge in [0.15, 0.2) is 5.65 Å². The molecule has 6 nitrogen and oxygen atoms in total. The van der Waals surface area contributed by atoms with Crippen LogP contribution in [0.2, 0.25) is 0 Å². The van der Waals surface area contributed by atoms with Gasteiger partial charge in [-0.3, -0.25) is 14.8 Å². The molecule has 1 aliphatic rings. The summed E-state index contributed by atoms with van der Waals surface area (Å²) in [4.78, 5) is 19.0. The number of H-pyrrole nitrogens is 1. The number of nitrogens with zero attached hydrogens (tertiary/aromatic N) is 3. The zero-order chi connectivity index (χ0) is 17.2. The molecule has 0 radical (unpaired) electrons. The average Bonchev–Trinajstić information content (AvgIpc) is 3.26. The Labute approximate surface area is 145 Å². The molecule has 3 heterocycles. The van der Waals surface area contributed by atoms with Crippen molar-refractivity contribution in [2.24, 2.45) is 0 Å². The SMILES string of the molecule is O=c1cc(CN2CCC[C@@H]2C[C@@H](O)c2ccccc2)nc2cc[nH]n12. The molecular weight excluding hydrogens is 316 g/mol. The summed E-state index contributed by atoms with van der Waals surface area (Å²) in [5.41, 5.74) is 2.29. The Morgan fingerprint density at radius 3 is 2.96 bits per heavy atom. The molecule has 1 aliphatic heterocycles. The number of likely N-dealkylation sites (tertiary alicyclic amines) is 1. The minimum absolute atomic E-state index is 0.0925. The van der Waals surface area contributed by atoms with Gasteiger partial charge in [0.1, 0.15) is 0 Å². The first-order chi connectivity index (χ1) is 12.2. The number of rotatable bonds is 5. The van der Waals surface area contributed by atoms with E-state index in [0.717, 1.165) is 30.6 Å². The number of hydrogen-bond donors (Lipinski definition) is 2. The molecule has 0 spiro atoms. The highest BCUT2D eigenvalue weighted by atomic mass is 16.3. The molecule has 1 fully saturated rings. The molecule has 130 valence electrons. The predicted molar refractivity (Wildman–Crippen MR) is 95.3 cm³/mol. The quantitative estimate of drug-likeness (QED) is 0.747. The Balaban J connectivity index is 1.48. The van der Waals surface area contributed by atoms with Crippen LogP contribution >= 0.6 is 0 Å². The van der Waals surface area contributed by atoms with Gasteiger partial charge in [-0.1, -0.05) is 30.3 Å². The van der Waals surface area contributed by atoms with E-state index in [1.807, 2.05) is 30.3 Å². The number of aromatic amines is 1. The summed E-state index contributed by atoms with van der Waals surface area (Å²) >= 11 is 0. The Morgan fingerprint density at radius 1 is 1.28 bits per heavy atom. The highest BCUT2D eigenvalue weighted by Crippen LogP contribution is 2.28. The number of aliphatic hydroxyl groups excluding tert-OH is 1. The fraction of sp³-hybridized carbons (Fsp3) is 0.368. The molecule has 0 bridgehead atoms. The van der Waals surface area contributed by atoms with Gasteiger partial charge < -0.3 is 5.11 Å². The monoisotopic (exact) mass is 338 g/mol. The van der Waals surface area contributed by atoms with Gasteiger partial charge in [-0.05, 0) is 31.4 Å². The van der Waals surface area contributed by atoms with Gasteiger partial charge in [0.2, 0.25) is 0 Å². The second-order valence-electron chi connectivity index (χ2n) is 6.67. The molecule has 1 aromatic carbocycles. The lowest BCUT2D eigenvalue weighted by Crippen LogP contribution is -2.31. The maximum Gasteiger partial charge on any atom is 0.272 e. The molecule has 2 aromatic heterocycles. The van der Waals surface area contributed by atoms with E-state index in [2.05, 4.69) is 15.0 Å². The third-order valence-corrected chi connectivity index (χ3v) is 4.98. The largest absolute Gasteiger partial charge is 0.388 e. The standard InChI is InChI=1S/C19H22N4O2/c24-17(14-5-2-1-3-6-14)12-16-7-4-10-22(16)13-15-11-19(25)23-18(21-15)8-9-20-23/h1-3,5-6,8-9,11,16-17,20,24H,4,7,10,12-13H2/t16-,17-/m1/s1. The van der Waals surface area contributed by atoms with Crippen molar-refractivity contribution in [1.29, 1.82) is 0 Å². The maximum absolute atomic E-state index is 12.1. The number of benzene rings is 1. The topological polar surface area (TPSA) is 73.6 Å². The van der Waals surface area contributed by atoms with Gasteiger partial charge in [-0.15, -0.1) is 0 Å². The molecule has 0 unspecified atom stereocenters. The highest BCUT2D eigenvalue weighted by Gasteiger charge is 2.27. The average molecular weight is 338 g/mol. The molecule has 3 aromatic rings. The molecule has 2 N–H and O–H groups in total. The molecule has 25 heavy (non-hydrogen) atoms. The van der Waals surface area contributed by atoms with Crippen LogP contribution in [0.15, 0.2) is 53.5 Å². The van der Waals surface area contributed by atoms with Crippen LogP contribution in [-0.4, -0.2) is 37.2 Å². The van der Waals surface area contributed by atoms with Crippen molar-refractivity contribution in [3.05, 3.63) is 70.3 Å². The zero-order valence-corrected chi connectivity index (χ0v) is 14.0. The lowest BCUT2D eigenvalue weighted by molar-refractivity contribution is 0.117. The van der Waals surface area contributed by atoms with Crippen LogP contribution in [-0.2, 0) is 6.54 Å². The van der Waals surface area contributed by atoms with Crippen LogP contribution in [0.25, 0.3) is 5.65 Å². The highest BCUT2D eigenvalue weighted by molar-refractivity contribution is 5.36. The number of aromatic nitrogens is 3. The van der Waals surface area contributed by atoms with E-state index in [9.17, 15) is 9.90 Å². The van der Waals surface area contributed by atoms with Crippen molar-refractivity contribution in [2.75, 3.05) is 6.54 Å². The normalized spacial score (nSPS) is 19.5. The Bertz CT molecular complexity index is 902. The van der Waals surface area contributed by atoms with Crippen molar-refractivity contribution < 1.29 is 5.11 Å². The van der Waals surface area contributed by atoms with E-state index >= 15 is 0 Å². The van der Waals surface area contributed by atoms with Crippen LogP contribution in [0.1, 0.15) is 36.6 Å². The van der Waals surface area contributed by atoms with Gasteiger partial charge in [-0.25, -0.2) is 9.50 Å². The van der Waals surface area contributed by atoms with Crippen molar-refractivity contribution in [2.45, 2.75) is 38.0 Å². The number of hydrogen-bond acceptors (Lipinski definition) is 4. The lowest BCUT2D eigenvalue weighted by atomic mass is 10.0. The molecule has 0 aliphatic carbocycles. The van der Waals surface area contributed by atoms with E-state index < -0.39 is 6.10 Å². The van der Waals surface area contributed by atoms with Crippen LogP contribution in [0.5, 0.6) is 0 Å². The van der Waals surface area contributed by atoms with Gasteiger partial charge in [-0.2, -0.15) is 0 Å². The van der Waals surface area contributed by atoms with Gasteiger partial charge >= 0.3 is 0 Å². The number of fused-ring (bicyclic) bond motifs is 1. The first kappa shape index (κ1) is 16.1. The molecular formula is C19H22N4O2. The summed E-state index contributed by atoms with van der Waals surface area (Å²) in [5.74, 6) is 0. The molecule has 1 saturated heterocycles. The number of aliphatic hydroxyl groups is 1. The fourth-order valence-electron chi connectivity index (χ4n) is 3.71. The smallest absolute Gasteiger partial charge is 0.272 e. The Hall–Kier alpha value is -2.44. The summed E-state index contributed by atoms with van der Waals surface area (Å²) < 4.78 is 1.43. The first-order valence-electron chi connectivity index (χ1n) is 8.74. The van der Waals surface area contributed by atoms with E-state index in [1.54, 1.807) is 18.3 Å². The van der Waals surface area contributed by atoms with E-state index in [0.29, 0.717) is 24.7 Å². The fourth-order valence-corrected chi connectivity index (χ4v) is 3.71. The lowest BCUT2D eigenvalue weighted by Gasteiger charge is -2.26. The molecule has 0 saturated carbocycles. The van der Waals surface area contributed by atoms with Crippen LogP contribution < -0.4 is 5.56 Å². The maximum atomic E-state index is 12.1. The molecule has 0 amide bonds. The summed E-state index contributed by atoms with van der Waals surface area (Å²) in [6.07, 6.45) is 4.13. The molecule has 2 atom stereocenters. The van der Waals surface area contributed by atoms with Crippen molar-refractivity contribution in [3.8, 4) is 0 Å². The van der Waals surface area contributed by atoms with E-state index in [4.69, 9.17) is 0 Å². The van der Waals surface area contributed by atoms with Gasteiger partial charge in [0, 0.05) is 30.9 Å². The summed E-state index contributed by atoms with van der Waals surface area (Å²) in [6.45, 7) is 1.61. The number of nitrogens with one attached hydrogen (secondary N) is 1. The predicted octanol–water partition coefficient (Wildman–Crippen LogP) is 2.11. The minimum Gasteiger partial charge on any atom is -0.388 e. The Kier molecular flexibility index (Phi) is 4.38. The van der Waals surface area contributed by atoms with E-state index in [1.165, 1.54) is 4.52 Å². The van der Waals surface area contributed by atoms with Gasteiger partial charge in [0.25, 0.3) is 5.56 Å².